The molecule has 0 bridgehead atoms. The lowest BCUT2D eigenvalue weighted by atomic mass is 10.1. The second kappa shape index (κ2) is 8.14. The summed E-state index contributed by atoms with van der Waals surface area (Å²) in [5.41, 5.74) is 1.49. The molecule has 1 N–H and O–H groups in total. The number of carbonyl (C=O) groups is 1. The van der Waals surface area contributed by atoms with E-state index in [-0.39, 0.29) is 12.3 Å². The van der Waals surface area contributed by atoms with Gasteiger partial charge in [0, 0.05) is 30.0 Å². The second-order valence-corrected chi connectivity index (χ2v) is 7.21. The van der Waals surface area contributed by atoms with Gasteiger partial charge < -0.3 is 14.9 Å². The normalized spacial score (nSPS) is 10.9. The number of benzene rings is 3. The molecule has 0 unspecified atom stereocenters. The first-order valence-electron chi connectivity index (χ1n) is 8.76. The van der Waals surface area contributed by atoms with Crippen LogP contribution in [0.15, 0.2) is 82.3 Å². The van der Waals surface area contributed by atoms with Gasteiger partial charge in [-0.15, -0.1) is 0 Å². The molecule has 0 aliphatic heterocycles. The fourth-order valence-electron chi connectivity index (χ4n) is 2.83. The number of carbonyl (C=O) groups excluding carboxylic acids is 1. The van der Waals surface area contributed by atoms with Crippen molar-refractivity contribution in [3.05, 3.63) is 72.8 Å². The van der Waals surface area contributed by atoms with E-state index >= 15 is 0 Å². The van der Waals surface area contributed by atoms with Gasteiger partial charge in [-0.2, -0.15) is 0 Å². The maximum atomic E-state index is 12.3. The molecule has 1 amide bonds. The molecule has 4 rings (SSSR count). The van der Waals surface area contributed by atoms with Gasteiger partial charge >= 0.3 is 0 Å². The van der Waals surface area contributed by atoms with Crippen LogP contribution in [-0.4, -0.2) is 16.9 Å². The highest BCUT2D eigenvalue weighted by Gasteiger charge is 2.20. The van der Waals surface area contributed by atoms with Crippen LogP contribution in [0.3, 0.4) is 0 Å². The summed E-state index contributed by atoms with van der Waals surface area (Å²) in [6.45, 7) is 0. The number of hydrogen-bond acceptors (Lipinski definition) is 5. The van der Waals surface area contributed by atoms with E-state index in [0.717, 1.165) is 22.1 Å². The molecule has 3 aromatic carbocycles. The molecule has 6 nitrogen and oxygen atoms in total. The Bertz CT molecular complexity index is 1110. The molecule has 4 aromatic rings. The Labute approximate surface area is 165 Å². The monoisotopic (exact) mass is 391 g/mol. The van der Waals surface area contributed by atoms with E-state index in [9.17, 15) is 9.90 Å². The van der Waals surface area contributed by atoms with E-state index < -0.39 is 5.95 Å². The third-order valence-electron chi connectivity index (χ3n) is 4.17. The molecule has 0 spiro atoms. The zero-order chi connectivity index (χ0) is 19.3. The lowest BCUT2D eigenvalue weighted by Crippen LogP contribution is -2.34. The van der Waals surface area contributed by atoms with Crippen molar-refractivity contribution in [1.82, 2.24) is 5.27 Å². The van der Waals surface area contributed by atoms with Crippen LogP contribution in [0.4, 0.5) is 5.69 Å². The van der Waals surface area contributed by atoms with Crippen LogP contribution in [0, 0.1) is 0 Å². The number of thioether (sulfide) groups is 1. The Hall–Kier alpha value is -3.32. The van der Waals surface area contributed by atoms with E-state index in [1.807, 2.05) is 72.8 Å². The largest absolute Gasteiger partial charge is 0.538 e. The van der Waals surface area contributed by atoms with E-state index in [0.29, 0.717) is 10.8 Å². The van der Waals surface area contributed by atoms with Gasteiger partial charge in [0.15, 0.2) is 5.95 Å². The topological polar surface area (TPSA) is 82.1 Å². The maximum absolute atomic E-state index is 12.3. The van der Waals surface area contributed by atoms with Crippen molar-refractivity contribution >= 4 is 34.1 Å². The zero-order valence-electron chi connectivity index (χ0n) is 14.9. The molecular formula is C21H17N3O3S. The van der Waals surface area contributed by atoms with Crippen LogP contribution in [0.2, 0.25) is 0 Å². The van der Waals surface area contributed by atoms with Crippen molar-refractivity contribution < 1.29 is 19.1 Å². The first-order valence-corrected chi connectivity index (χ1v) is 9.75. The fraction of sp³-hybridized carbons (Fsp3) is 0.0952. The Kier molecular flexibility index (Phi) is 5.25. The summed E-state index contributed by atoms with van der Waals surface area (Å²) in [5, 5.41) is 21.2. The van der Waals surface area contributed by atoms with Gasteiger partial charge in [-0.1, -0.05) is 60.3 Å². The highest BCUT2D eigenvalue weighted by molar-refractivity contribution is 7.99. The molecule has 7 heteroatoms. The molecule has 0 aliphatic rings. The third kappa shape index (κ3) is 3.99. The minimum Gasteiger partial charge on any atom is -0.538 e. The average Bonchev–Trinajstić information content (AvgIpc) is 3.09. The van der Waals surface area contributed by atoms with E-state index in [1.54, 1.807) is 0 Å². The molecule has 140 valence electrons. The fourth-order valence-corrected chi connectivity index (χ4v) is 3.72. The van der Waals surface area contributed by atoms with Gasteiger partial charge in [0.25, 0.3) is 5.03 Å². The number of rotatable bonds is 6. The predicted octanol–water partition coefficient (Wildman–Crippen LogP) is 3.30. The second-order valence-electron chi connectivity index (χ2n) is 6.12. The summed E-state index contributed by atoms with van der Waals surface area (Å²) in [7, 11) is 0. The molecule has 1 aromatic heterocycles. The number of para-hydroxylation sites is 1. The van der Waals surface area contributed by atoms with Crippen LogP contribution in [0.5, 0.6) is 5.95 Å². The highest BCUT2D eigenvalue weighted by Crippen LogP contribution is 2.24. The van der Waals surface area contributed by atoms with Gasteiger partial charge in [0.1, 0.15) is 0 Å². The maximum Gasteiger partial charge on any atom is 0.297 e. The molecule has 0 saturated carbocycles. The highest BCUT2D eigenvalue weighted by atomic mass is 32.2. The first-order chi connectivity index (χ1) is 13.7. The number of anilines is 1. The summed E-state index contributed by atoms with van der Waals surface area (Å²) < 4.78 is 6.23. The zero-order valence-corrected chi connectivity index (χ0v) is 15.7. The molecule has 0 saturated heterocycles. The first kappa shape index (κ1) is 18.1. The lowest BCUT2D eigenvalue weighted by Gasteiger charge is -2.06. The van der Waals surface area contributed by atoms with Crippen molar-refractivity contribution in [2.24, 2.45) is 0 Å². The van der Waals surface area contributed by atoms with Gasteiger partial charge in [0.2, 0.25) is 11.6 Å². The van der Waals surface area contributed by atoms with Crippen molar-refractivity contribution in [3.8, 4) is 11.6 Å². The Morgan fingerprint density at radius 3 is 2.61 bits per heavy atom. The van der Waals surface area contributed by atoms with E-state index in [4.69, 9.17) is 4.52 Å². The van der Waals surface area contributed by atoms with Gasteiger partial charge in [-0.05, 0) is 27.6 Å². The minimum atomic E-state index is -0.510. The summed E-state index contributed by atoms with van der Waals surface area (Å²) in [5.74, 6) is -0.190. The van der Waals surface area contributed by atoms with Crippen LogP contribution < -0.4 is 15.1 Å². The van der Waals surface area contributed by atoms with Crippen molar-refractivity contribution in [1.29, 1.82) is 0 Å². The van der Waals surface area contributed by atoms with Crippen LogP contribution in [0.1, 0.15) is 6.42 Å². The van der Waals surface area contributed by atoms with Gasteiger partial charge in [-0.3, -0.25) is 4.79 Å². The molecule has 28 heavy (non-hydrogen) atoms. The number of nitrogens with one attached hydrogen (secondary N) is 1. The Balaban J connectivity index is 1.37. The summed E-state index contributed by atoms with van der Waals surface area (Å²) in [6, 6.07) is 23.0. The van der Waals surface area contributed by atoms with Crippen LogP contribution >= 0.6 is 11.8 Å². The Morgan fingerprint density at radius 2 is 1.79 bits per heavy atom. The van der Waals surface area contributed by atoms with Crippen LogP contribution in [-0.2, 0) is 4.79 Å². The van der Waals surface area contributed by atoms with Crippen molar-refractivity contribution in [2.75, 3.05) is 11.1 Å². The van der Waals surface area contributed by atoms with E-state index in [1.165, 1.54) is 16.4 Å². The third-order valence-corrected chi connectivity index (χ3v) is 5.20. The smallest absolute Gasteiger partial charge is 0.297 e. The quantitative estimate of drug-likeness (QED) is 0.403. The number of fused-ring (bicyclic) bond motifs is 1. The summed E-state index contributed by atoms with van der Waals surface area (Å²) >= 11 is 1.25. The summed E-state index contributed by atoms with van der Waals surface area (Å²) in [6.07, 6.45) is 0.261. The van der Waals surface area contributed by atoms with Crippen molar-refractivity contribution in [3.63, 3.8) is 0 Å². The van der Waals surface area contributed by atoms with Gasteiger partial charge in [-0.25, -0.2) is 0 Å². The standard InChI is InChI=1S/C21H17N3O3S/c25-19(22-17-11-10-15-6-4-5-7-16(15)14-17)12-13-28-20-21(26)27-23-24(20)18-8-2-1-3-9-18/h1-11,14H,12-13H2,(H-,22,23,25,26). The predicted molar refractivity (Wildman–Crippen MR) is 105 cm³/mol. The molecule has 0 radical (unpaired) electrons. The van der Waals surface area contributed by atoms with Crippen LogP contribution in [0.25, 0.3) is 16.5 Å². The van der Waals surface area contributed by atoms with E-state index in [2.05, 4.69) is 10.6 Å². The average molecular weight is 391 g/mol. The molecule has 0 fully saturated rings. The molecule has 0 aliphatic carbocycles. The number of amides is 1. The lowest BCUT2D eigenvalue weighted by molar-refractivity contribution is -0.705. The number of aromatic nitrogens is 2. The molecule has 1 heterocycles. The number of nitrogens with zero attached hydrogens (tertiary/aromatic N) is 2. The number of hydrogen-bond donors (Lipinski definition) is 1. The van der Waals surface area contributed by atoms with Crippen molar-refractivity contribution in [2.45, 2.75) is 11.4 Å². The molecule has 0 atom stereocenters. The summed E-state index contributed by atoms with van der Waals surface area (Å²) in [4.78, 5) is 12.3. The Morgan fingerprint density at radius 1 is 1.04 bits per heavy atom. The van der Waals surface area contributed by atoms with Gasteiger partial charge in [0.05, 0.1) is 5.27 Å². The SMILES string of the molecule is O=C(CCSc1c([O-])on[n+]1-c1ccccc1)Nc1ccc2ccccc2c1. The molecular weight excluding hydrogens is 374 g/mol. The minimum absolute atomic E-state index is 0.113.